The molecule has 0 radical (unpaired) electrons. The van der Waals surface area contributed by atoms with Crippen LogP contribution in [0.1, 0.15) is 29.7 Å². The predicted molar refractivity (Wildman–Crippen MR) is 77.2 cm³/mol. The van der Waals surface area contributed by atoms with E-state index in [1.165, 1.54) is 0 Å². The van der Waals surface area contributed by atoms with Crippen LogP contribution in [0.5, 0.6) is 11.5 Å². The van der Waals surface area contributed by atoms with Crippen LogP contribution in [0.25, 0.3) is 0 Å². The molecule has 1 heterocycles. The molecule has 3 N–H and O–H groups in total. The Bertz CT molecular complexity index is 615. The molecule has 0 aliphatic carbocycles. The van der Waals surface area contributed by atoms with Crippen LogP contribution in [0, 0.1) is 0 Å². The van der Waals surface area contributed by atoms with E-state index in [0.717, 1.165) is 21.3 Å². The molecular formula is C15H14BrNO2. The number of hydrogen-bond donors (Lipinski definition) is 2. The van der Waals surface area contributed by atoms with E-state index in [-0.39, 0.29) is 17.9 Å². The summed E-state index contributed by atoms with van der Waals surface area (Å²) in [5.74, 6) is 1.05. The highest BCUT2D eigenvalue weighted by atomic mass is 79.9. The lowest BCUT2D eigenvalue weighted by Crippen LogP contribution is -2.24. The van der Waals surface area contributed by atoms with Crippen molar-refractivity contribution < 1.29 is 9.84 Å². The molecule has 0 saturated carbocycles. The summed E-state index contributed by atoms with van der Waals surface area (Å²) in [7, 11) is 0. The van der Waals surface area contributed by atoms with E-state index >= 15 is 0 Å². The smallest absolute Gasteiger partial charge is 0.126 e. The van der Waals surface area contributed by atoms with Gasteiger partial charge in [0, 0.05) is 22.5 Å². The Kier molecular flexibility index (Phi) is 3.21. The van der Waals surface area contributed by atoms with Crippen LogP contribution >= 0.6 is 15.9 Å². The van der Waals surface area contributed by atoms with Gasteiger partial charge in [0.15, 0.2) is 0 Å². The van der Waals surface area contributed by atoms with Gasteiger partial charge in [-0.25, -0.2) is 0 Å². The highest BCUT2D eigenvalue weighted by molar-refractivity contribution is 9.10. The molecule has 0 spiro atoms. The molecule has 0 aromatic heterocycles. The Morgan fingerprint density at radius 2 is 2.05 bits per heavy atom. The Balaban J connectivity index is 1.96. The molecule has 3 nitrogen and oxygen atoms in total. The molecule has 98 valence electrons. The van der Waals surface area contributed by atoms with Crippen molar-refractivity contribution in [3.63, 3.8) is 0 Å². The number of aromatic hydroxyl groups is 1. The molecule has 2 aromatic carbocycles. The number of halogens is 1. The van der Waals surface area contributed by atoms with Gasteiger partial charge in [-0.2, -0.15) is 0 Å². The normalized spacial score (nSPS) is 21.6. The fourth-order valence-corrected chi connectivity index (χ4v) is 2.74. The van der Waals surface area contributed by atoms with Gasteiger partial charge in [-0.3, -0.25) is 0 Å². The van der Waals surface area contributed by atoms with Crippen molar-refractivity contribution in [1.29, 1.82) is 0 Å². The molecule has 1 unspecified atom stereocenters. The van der Waals surface area contributed by atoms with Crippen molar-refractivity contribution in [2.45, 2.75) is 18.6 Å². The average molecular weight is 320 g/mol. The van der Waals surface area contributed by atoms with Crippen LogP contribution in [-0.4, -0.2) is 5.11 Å². The number of nitrogens with two attached hydrogens (primary N) is 1. The van der Waals surface area contributed by atoms with Crippen molar-refractivity contribution in [3.8, 4) is 11.5 Å². The first-order valence-corrected chi connectivity index (χ1v) is 6.93. The third kappa shape index (κ3) is 2.46. The summed E-state index contributed by atoms with van der Waals surface area (Å²) in [6, 6.07) is 13.0. The molecule has 4 heteroatoms. The third-order valence-electron chi connectivity index (χ3n) is 3.35. The standard InChI is InChI=1S/C15H14BrNO2/c16-10-4-5-12-13(17)8-14(19-15(12)7-10)9-2-1-3-11(18)6-9/h1-7,13-14,18H,8,17H2/t13-,14?/m0/s1. The van der Waals surface area contributed by atoms with Crippen LogP contribution in [0.15, 0.2) is 46.9 Å². The van der Waals surface area contributed by atoms with Gasteiger partial charge >= 0.3 is 0 Å². The van der Waals surface area contributed by atoms with E-state index in [2.05, 4.69) is 15.9 Å². The zero-order valence-corrected chi connectivity index (χ0v) is 11.8. The average Bonchev–Trinajstić information content (AvgIpc) is 2.38. The minimum Gasteiger partial charge on any atom is -0.508 e. The molecule has 2 atom stereocenters. The number of benzene rings is 2. The summed E-state index contributed by atoms with van der Waals surface area (Å²) in [5, 5.41) is 9.55. The highest BCUT2D eigenvalue weighted by Crippen LogP contribution is 2.41. The first-order chi connectivity index (χ1) is 9.13. The second-order valence-corrected chi connectivity index (χ2v) is 5.64. The number of hydrogen-bond acceptors (Lipinski definition) is 3. The minimum atomic E-state index is -0.121. The fraction of sp³-hybridized carbons (Fsp3) is 0.200. The van der Waals surface area contributed by atoms with Crippen molar-refractivity contribution in [3.05, 3.63) is 58.1 Å². The molecule has 2 aromatic rings. The first-order valence-electron chi connectivity index (χ1n) is 6.14. The molecule has 0 bridgehead atoms. The maximum Gasteiger partial charge on any atom is 0.126 e. The van der Waals surface area contributed by atoms with Crippen molar-refractivity contribution >= 4 is 15.9 Å². The number of phenolic OH excluding ortho intramolecular Hbond substituents is 1. The summed E-state index contributed by atoms with van der Waals surface area (Å²) in [6.07, 6.45) is 0.585. The summed E-state index contributed by atoms with van der Waals surface area (Å²) in [6.45, 7) is 0. The van der Waals surface area contributed by atoms with Crippen LogP contribution in [0.3, 0.4) is 0 Å². The predicted octanol–water partition coefficient (Wildman–Crippen LogP) is 3.68. The molecule has 19 heavy (non-hydrogen) atoms. The zero-order valence-electron chi connectivity index (χ0n) is 10.2. The minimum absolute atomic E-state index is 0.0517. The van der Waals surface area contributed by atoms with E-state index in [4.69, 9.17) is 10.5 Å². The van der Waals surface area contributed by atoms with Gasteiger partial charge in [0.25, 0.3) is 0 Å². The SMILES string of the molecule is N[C@H]1CC(c2cccc(O)c2)Oc2cc(Br)ccc21. The second kappa shape index (κ2) is 4.87. The lowest BCUT2D eigenvalue weighted by molar-refractivity contribution is 0.161. The molecular weight excluding hydrogens is 306 g/mol. The van der Waals surface area contributed by atoms with Crippen LogP contribution < -0.4 is 10.5 Å². The lowest BCUT2D eigenvalue weighted by Gasteiger charge is -2.30. The molecule has 0 amide bonds. The van der Waals surface area contributed by atoms with Crippen molar-refractivity contribution in [1.82, 2.24) is 0 Å². The molecule has 1 aliphatic rings. The first kappa shape index (κ1) is 12.5. The third-order valence-corrected chi connectivity index (χ3v) is 3.85. The highest BCUT2D eigenvalue weighted by Gasteiger charge is 2.27. The number of ether oxygens (including phenoxy) is 1. The van der Waals surface area contributed by atoms with E-state index in [1.807, 2.05) is 30.3 Å². The van der Waals surface area contributed by atoms with Crippen molar-refractivity contribution in [2.24, 2.45) is 5.73 Å². The Morgan fingerprint density at radius 1 is 1.21 bits per heavy atom. The van der Waals surface area contributed by atoms with Gasteiger partial charge < -0.3 is 15.6 Å². The monoisotopic (exact) mass is 319 g/mol. The van der Waals surface area contributed by atoms with E-state index in [1.54, 1.807) is 12.1 Å². The summed E-state index contributed by atoms with van der Waals surface area (Å²) < 4.78 is 6.97. The summed E-state index contributed by atoms with van der Waals surface area (Å²) in [4.78, 5) is 0. The van der Waals surface area contributed by atoms with Crippen LogP contribution in [0.4, 0.5) is 0 Å². The second-order valence-electron chi connectivity index (χ2n) is 4.73. The molecule has 3 rings (SSSR count). The fourth-order valence-electron chi connectivity index (χ4n) is 2.40. The molecule has 0 saturated heterocycles. The largest absolute Gasteiger partial charge is 0.508 e. The topological polar surface area (TPSA) is 55.5 Å². The van der Waals surface area contributed by atoms with Gasteiger partial charge in [-0.05, 0) is 29.8 Å². The quantitative estimate of drug-likeness (QED) is 0.843. The zero-order chi connectivity index (χ0) is 13.4. The van der Waals surface area contributed by atoms with Gasteiger partial charge in [-0.15, -0.1) is 0 Å². The van der Waals surface area contributed by atoms with Crippen LogP contribution in [0.2, 0.25) is 0 Å². The Hall–Kier alpha value is -1.52. The molecule has 0 fully saturated rings. The van der Waals surface area contributed by atoms with E-state index < -0.39 is 0 Å². The van der Waals surface area contributed by atoms with Crippen LogP contribution in [-0.2, 0) is 0 Å². The number of phenols is 1. The maximum atomic E-state index is 9.55. The van der Waals surface area contributed by atoms with Gasteiger partial charge in [0.05, 0.1) is 0 Å². The Morgan fingerprint density at radius 3 is 2.84 bits per heavy atom. The van der Waals surface area contributed by atoms with Crippen molar-refractivity contribution in [2.75, 3.05) is 0 Å². The summed E-state index contributed by atoms with van der Waals surface area (Å²) in [5.41, 5.74) is 8.18. The maximum absolute atomic E-state index is 9.55. The Labute approximate surface area is 120 Å². The van der Waals surface area contributed by atoms with Gasteiger partial charge in [0.1, 0.15) is 17.6 Å². The van der Waals surface area contributed by atoms with E-state index in [0.29, 0.717) is 6.42 Å². The number of fused-ring (bicyclic) bond motifs is 1. The summed E-state index contributed by atoms with van der Waals surface area (Å²) >= 11 is 3.44. The lowest BCUT2D eigenvalue weighted by atomic mass is 9.93. The van der Waals surface area contributed by atoms with Gasteiger partial charge in [0.2, 0.25) is 0 Å². The van der Waals surface area contributed by atoms with E-state index in [9.17, 15) is 5.11 Å². The van der Waals surface area contributed by atoms with Gasteiger partial charge in [-0.1, -0.05) is 34.1 Å². The molecule has 1 aliphatic heterocycles. The number of rotatable bonds is 1.